The van der Waals surface area contributed by atoms with Crippen molar-refractivity contribution in [2.45, 2.75) is 70.3 Å². The van der Waals surface area contributed by atoms with Crippen LogP contribution < -0.4 is 0 Å². The van der Waals surface area contributed by atoms with E-state index in [-0.39, 0.29) is 0 Å². The highest BCUT2D eigenvalue weighted by atomic mass is 32.2. The fourth-order valence-electron chi connectivity index (χ4n) is 1.38. The van der Waals surface area contributed by atoms with Crippen LogP contribution in [0, 0.1) is 0 Å². The predicted octanol–water partition coefficient (Wildman–Crippen LogP) is 5.57. The van der Waals surface area contributed by atoms with Gasteiger partial charge in [-0.2, -0.15) is 0 Å². The van der Waals surface area contributed by atoms with Crippen molar-refractivity contribution in [2.24, 2.45) is 0 Å². The lowest BCUT2D eigenvalue weighted by Gasteiger charge is -2.23. The molecule has 0 spiro atoms. The van der Waals surface area contributed by atoms with E-state index in [1.54, 1.807) is 0 Å². The van der Waals surface area contributed by atoms with Crippen LogP contribution in [-0.4, -0.2) is 15.6 Å². The molecule has 92 valence electrons. The predicted molar refractivity (Wildman–Crippen MR) is 78.0 cm³/mol. The second-order valence-electron chi connectivity index (χ2n) is 4.51. The van der Waals surface area contributed by atoms with E-state index in [1.165, 1.54) is 50.0 Å². The van der Waals surface area contributed by atoms with Crippen LogP contribution in [0.25, 0.3) is 0 Å². The molecule has 2 heteroatoms. The standard InChI is InChI=1S/C13H28S2/c1-5-7-9-11-14-13(3,4)15-12-10-8-6-2/h5-12H2,1-4H3. The largest absolute Gasteiger partial charge is 0.145 e. The molecule has 0 atom stereocenters. The van der Waals surface area contributed by atoms with E-state index in [0.717, 1.165) is 0 Å². The Bertz CT molecular complexity index is 118. The second kappa shape index (κ2) is 9.89. The average molecular weight is 249 g/mol. The van der Waals surface area contributed by atoms with Gasteiger partial charge in [-0.1, -0.05) is 39.5 Å². The Morgan fingerprint density at radius 1 is 0.733 bits per heavy atom. The van der Waals surface area contributed by atoms with Gasteiger partial charge in [-0.15, -0.1) is 23.5 Å². The first-order valence-electron chi connectivity index (χ1n) is 6.40. The zero-order valence-corrected chi connectivity index (χ0v) is 12.6. The Kier molecular flexibility index (Phi) is 10.4. The van der Waals surface area contributed by atoms with Crippen molar-refractivity contribution in [1.29, 1.82) is 0 Å². The molecule has 0 aromatic carbocycles. The van der Waals surface area contributed by atoms with Crippen molar-refractivity contribution in [1.82, 2.24) is 0 Å². The summed E-state index contributed by atoms with van der Waals surface area (Å²) in [5.41, 5.74) is 0. The first-order chi connectivity index (χ1) is 7.12. The molecule has 0 radical (unpaired) electrons. The lowest BCUT2D eigenvalue weighted by atomic mass is 10.3. The summed E-state index contributed by atoms with van der Waals surface area (Å²) < 4.78 is 0.432. The topological polar surface area (TPSA) is 0 Å². The minimum absolute atomic E-state index is 0.432. The highest BCUT2D eigenvalue weighted by Gasteiger charge is 2.17. The molecule has 0 aliphatic carbocycles. The van der Waals surface area contributed by atoms with Crippen molar-refractivity contribution in [3.8, 4) is 0 Å². The summed E-state index contributed by atoms with van der Waals surface area (Å²) in [4.78, 5) is 0. The van der Waals surface area contributed by atoms with Crippen LogP contribution >= 0.6 is 23.5 Å². The molecule has 0 fully saturated rings. The lowest BCUT2D eigenvalue weighted by molar-refractivity contribution is 0.773. The van der Waals surface area contributed by atoms with Crippen LogP contribution in [0.4, 0.5) is 0 Å². The summed E-state index contributed by atoms with van der Waals surface area (Å²) in [5, 5.41) is 0. The molecule has 0 aromatic rings. The van der Waals surface area contributed by atoms with Gasteiger partial charge < -0.3 is 0 Å². The fourth-order valence-corrected chi connectivity index (χ4v) is 3.90. The summed E-state index contributed by atoms with van der Waals surface area (Å²) in [6.45, 7) is 9.30. The number of rotatable bonds is 10. The van der Waals surface area contributed by atoms with E-state index in [0.29, 0.717) is 4.08 Å². The lowest BCUT2D eigenvalue weighted by Crippen LogP contribution is -2.10. The van der Waals surface area contributed by atoms with Crippen LogP contribution in [0.2, 0.25) is 0 Å². The Morgan fingerprint density at radius 3 is 1.47 bits per heavy atom. The molecular formula is C13H28S2. The molecule has 0 N–H and O–H groups in total. The maximum Gasteiger partial charge on any atom is 0.0555 e. The summed E-state index contributed by atoms with van der Waals surface area (Å²) in [7, 11) is 0. The van der Waals surface area contributed by atoms with Crippen molar-refractivity contribution in [2.75, 3.05) is 11.5 Å². The van der Waals surface area contributed by atoms with Gasteiger partial charge in [0.2, 0.25) is 0 Å². The van der Waals surface area contributed by atoms with Crippen molar-refractivity contribution in [3.05, 3.63) is 0 Å². The third kappa shape index (κ3) is 11.0. The molecule has 0 heterocycles. The first-order valence-corrected chi connectivity index (χ1v) is 8.37. The van der Waals surface area contributed by atoms with Crippen LogP contribution in [0.1, 0.15) is 66.2 Å². The van der Waals surface area contributed by atoms with Gasteiger partial charge in [-0.25, -0.2) is 0 Å². The third-order valence-corrected chi connectivity index (χ3v) is 5.48. The molecule has 0 unspecified atom stereocenters. The number of unbranched alkanes of at least 4 members (excludes halogenated alkanes) is 4. The van der Waals surface area contributed by atoms with Gasteiger partial charge in [0, 0.05) is 0 Å². The van der Waals surface area contributed by atoms with Crippen molar-refractivity contribution in [3.63, 3.8) is 0 Å². The summed E-state index contributed by atoms with van der Waals surface area (Å²) in [6.07, 6.45) is 8.24. The van der Waals surface area contributed by atoms with Gasteiger partial charge in [-0.3, -0.25) is 0 Å². The van der Waals surface area contributed by atoms with Crippen LogP contribution in [-0.2, 0) is 0 Å². The molecule has 0 amide bonds. The Morgan fingerprint density at radius 2 is 1.13 bits per heavy atom. The number of hydrogen-bond acceptors (Lipinski definition) is 2. The average Bonchev–Trinajstić information content (AvgIpc) is 2.20. The quantitative estimate of drug-likeness (QED) is 0.366. The number of hydrogen-bond donors (Lipinski definition) is 0. The molecule has 0 nitrogen and oxygen atoms in total. The zero-order chi connectivity index (χ0) is 11.6. The highest BCUT2D eigenvalue weighted by Crippen LogP contribution is 2.37. The Hall–Kier alpha value is 0.700. The second-order valence-corrected chi connectivity index (χ2v) is 8.20. The van der Waals surface area contributed by atoms with Gasteiger partial charge in [0.05, 0.1) is 4.08 Å². The van der Waals surface area contributed by atoms with E-state index in [1.807, 2.05) is 0 Å². The van der Waals surface area contributed by atoms with E-state index >= 15 is 0 Å². The summed E-state index contributed by atoms with van der Waals surface area (Å²) in [5.74, 6) is 2.67. The normalized spacial score (nSPS) is 12.0. The fraction of sp³-hybridized carbons (Fsp3) is 1.00. The molecule has 0 aromatic heterocycles. The van der Waals surface area contributed by atoms with Gasteiger partial charge in [0.25, 0.3) is 0 Å². The van der Waals surface area contributed by atoms with Gasteiger partial charge in [0.15, 0.2) is 0 Å². The molecule has 0 aliphatic rings. The maximum absolute atomic E-state index is 2.38. The molecule has 0 saturated heterocycles. The Balaban J connectivity index is 3.40. The van der Waals surface area contributed by atoms with Crippen LogP contribution in [0.3, 0.4) is 0 Å². The monoisotopic (exact) mass is 248 g/mol. The van der Waals surface area contributed by atoms with Crippen LogP contribution in [0.15, 0.2) is 0 Å². The molecule has 0 aliphatic heterocycles. The van der Waals surface area contributed by atoms with Gasteiger partial charge in [0.1, 0.15) is 0 Å². The van der Waals surface area contributed by atoms with Crippen molar-refractivity contribution >= 4 is 23.5 Å². The summed E-state index contributed by atoms with van der Waals surface area (Å²) >= 11 is 4.28. The molecule has 0 saturated carbocycles. The molecular weight excluding hydrogens is 220 g/mol. The van der Waals surface area contributed by atoms with Gasteiger partial charge >= 0.3 is 0 Å². The van der Waals surface area contributed by atoms with E-state index in [2.05, 4.69) is 51.2 Å². The molecule has 0 bridgehead atoms. The van der Waals surface area contributed by atoms with E-state index < -0.39 is 0 Å². The minimum atomic E-state index is 0.432. The third-order valence-electron chi connectivity index (χ3n) is 2.40. The minimum Gasteiger partial charge on any atom is -0.145 e. The SMILES string of the molecule is CCCCCSC(C)(C)SCCCCC. The van der Waals surface area contributed by atoms with Gasteiger partial charge in [-0.05, 0) is 38.2 Å². The molecule has 0 rings (SSSR count). The number of thioether (sulfide) groups is 2. The van der Waals surface area contributed by atoms with Crippen LogP contribution in [0.5, 0.6) is 0 Å². The molecule has 15 heavy (non-hydrogen) atoms. The first kappa shape index (κ1) is 15.7. The van der Waals surface area contributed by atoms with Crippen molar-refractivity contribution < 1.29 is 0 Å². The van der Waals surface area contributed by atoms with E-state index in [9.17, 15) is 0 Å². The summed E-state index contributed by atoms with van der Waals surface area (Å²) in [6, 6.07) is 0. The zero-order valence-electron chi connectivity index (χ0n) is 11.0. The van der Waals surface area contributed by atoms with E-state index in [4.69, 9.17) is 0 Å². The maximum atomic E-state index is 2.38. The smallest absolute Gasteiger partial charge is 0.0555 e. The highest BCUT2D eigenvalue weighted by molar-refractivity contribution is 8.18. The Labute approximate surface area is 105 Å².